The van der Waals surface area contributed by atoms with Crippen molar-refractivity contribution in [3.63, 3.8) is 0 Å². The molecule has 10 heteroatoms. The molecule has 2 aromatic rings. The highest BCUT2D eigenvalue weighted by atomic mass is 19.1. The Hall–Kier alpha value is -3.17. The van der Waals surface area contributed by atoms with Crippen molar-refractivity contribution < 1.29 is 19.0 Å². The van der Waals surface area contributed by atoms with Gasteiger partial charge in [0.05, 0.1) is 12.6 Å². The fourth-order valence-corrected chi connectivity index (χ4v) is 2.92. The Morgan fingerprint density at radius 3 is 3.08 bits per heavy atom. The number of hydrogen-bond acceptors (Lipinski definition) is 7. The van der Waals surface area contributed by atoms with Crippen molar-refractivity contribution in [1.29, 1.82) is 0 Å². The lowest BCUT2D eigenvalue weighted by Crippen LogP contribution is -2.31. The Bertz CT molecular complexity index is 822. The van der Waals surface area contributed by atoms with E-state index in [1.807, 2.05) is 6.92 Å². The van der Waals surface area contributed by atoms with Crippen LogP contribution in [0.3, 0.4) is 0 Å². The van der Waals surface area contributed by atoms with Gasteiger partial charge in [-0.3, -0.25) is 4.79 Å². The number of carbonyl (C=O) groups excluding carboxylic acids is 1. The number of anilines is 1. The second-order valence-corrected chi connectivity index (χ2v) is 5.80. The second-order valence-electron chi connectivity index (χ2n) is 5.80. The van der Waals surface area contributed by atoms with E-state index in [1.54, 1.807) is 6.07 Å². The summed E-state index contributed by atoms with van der Waals surface area (Å²) in [7, 11) is 0. The molecule has 0 radical (unpaired) electrons. The van der Waals surface area contributed by atoms with E-state index in [-0.39, 0.29) is 41.7 Å². The van der Waals surface area contributed by atoms with Gasteiger partial charge in [0.1, 0.15) is 5.82 Å². The van der Waals surface area contributed by atoms with Crippen LogP contribution in [0.5, 0.6) is 0 Å². The first kappa shape index (κ1) is 17.6. The molecule has 0 spiro atoms. The number of fused-ring (bicyclic) bond motifs is 1. The smallest absolute Gasteiger partial charge is 0.239 e. The number of rotatable bonds is 6. The van der Waals surface area contributed by atoms with Crippen LogP contribution in [0.25, 0.3) is 0 Å². The van der Waals surface area contributed by atoms with Crippen molar-refractivity contribution in [3.8, 4) is 0 Å². The fourth-order valence-electron chi connectivity index (χ4n) is 2.92. The highest BCUT2D eigenvalue weighted by Crippen LogP contribution is 2.32. The molecule has 1 aliphatic rings. The molecular formula is C16H19FN6O3. The van der Waals surface area contributed by atoms with E-state index in [4.69, 9.17) is 0 Å². The lowest BCUT2D eigenvalue weighted by molar-refractivity contribution is -0.119. The molecule has 3 rings (SSSR count). The van der Waals surface area contributed by atoms with E-state index in [1.165, 1.54) is 12.1 Å². The number of oxime groups is 1. The van der Waals surface area contributed by atoms with Crippen LogP contribution in [-0.2, 0) is 11.2 Å². The maximum atomic E-state index is 13.5. The highest BCUT2D eigenvalue weighted by Gasteiger charge is 2.27. The van der Waals surface area contributed by atoms with E-state index in [0.717, 1.165) is 17.5 Å². The highest BCUT2D eigenvalue weighted by molar-refractivity contribution is 6.01. The van der Waals surface area contributed by atoms with Crippen LogP contribution in [0.1, 0.15) is 36.2 Å². The van der Waals surface area contributed by atoms with E-state index < -0.39 is 0 Å². The average Bonchev–Trinajstić information content (AvgIpc) is 3.25. The van der Waals surface area contributed by atoms with Gasteiger partial charge in [-0.25, -0.2) is 9.02 Å². The minimum Gasteiger partial charge on any atom is -0.409 e. The van der Waals surface area contributed by atoms with E-state index >= 15 is 0 Å². The standard InChI is InChI=1S/C16H19FN6O3/c1-2-18-13(24)8-19-15-14(22-26-23-15)16(21-25)20-12-6-4-9-3-5-10(17)7-11(9)12/h3,5,7,12,25H,2,4,6,8H2,1H3,(H,18,24)(H,19,23)(H,20,21). The van der Waals surface area contributed by atoms with Crippen molar-refractivity contribution in [2.45, 2.75) is 25.8 Å². The summed E-state index contributed by atoms with van der Waals surface area (Å²) in [6.07, 6.45) is 1.50. The van der Waals surface area contributed by atoms with Crippen LogP contribution in [0.15, 0.2) is 28.0 Å². The van der Waals surface area contributed by atoms with Crippen molar-refractivity contribution in [1.82, 2.24) is 20.9 Å². The molecule has 1 aromatic carbocycles. The van der Waals surface area contributed by atoms with Gasteiger partial charge in [0.15, 0.2) is 11.5 Å². The molecule has 1 amide bonds. The molecule has 1 aromatic heterocycles. The van der Waals surface area contributed by atoms with Gasteiger partial charge in [0, 0.05) is 6.54 Å². The molecule has 1 unspecified atom stereocenters. The zero-order valence-electron chi connectivity index (χ0n) is 14.1. The summed E-state index contributed by atoms with van der Waals surface area (Å²) in [5, 5.41) is 28.4. The maximum absolute atomic E-state index is 13.5. The van der Waals surface area contributed by atoms with Gasteiger partial charge in [-0.2, -0.15) is 0 Å². The number of halogens is 1. The monoisotopic (exact) mass is 362 g/mol. The van der Waals surface area contributed by atoms with Crippen LogP contribution >= 0.6 is 0 Å². The summed E-state index contributed by atoms with van der Waals surface area (Å²) in [4.78, 5) is 11.6. The summed E-state index contributed by atoms with van der Waals surface area (Å²) in [5.41, 5.74) is 1.97. The Kier molecular flexibility index (Phi) is 5.30. The fraction of sp³-hybridized carbons (Fsp3) is 0.375. The van der Waals surface area contributed by atoms with E-state index in [0.29, 0.717) is 13.0 Å². The molecule has 26 heavy (non-hydrogen) atoms. The first-order valence-electron chi connectivity index (χ1n) is 8.22. The van der Waals surface area contributed by atoms with Crippen molar-refractivity contribution in [2.24, 2.45) is 5.16 Å². The van der Waals surface area contributed by atoms with Crippen LogP contribution in [0, 0.1) is 5.82 Å². The molecule has 0 fully saturated rings. The predicted octanol–water partition coefficient (Wildman–Crippen LogP) is 1.17. The zero-order chi connectivity index (χ0) is 18.5. The van der Waals surface area contributed by atoms with Crippen LogP contribution < -0.4 is 16.0 Å². The number of carbonyl (C=O) groups is 1. The Morgan fingerprint density at radius 1 is 1.46 bits per heavy atom. The van der Waals surface area contributed by atoms with Crippen molar-refractivity contribution in [3.05, 3.63) is 40.8 Å². The van der Waals surface area contributed by atoms with E-state index in [9.17, 15) is 14.4 Å². The number of amides is 1. The summed E-state index contributed by atoms with van der Waals surface area (Å²) in [5.74, 6) is -0.370. The first-order chi connectivity index (χ1) is 12.6. The Labute approximate surface area is 148 Å². The summed E-state index contributed by atoms with van der Waals surface area (Å²) in [6.45, 7) is 2.28. The van der Waals surface area contributed by atoms with Crippen molar-refractivity contribution in [2.75, 3.05) is 18.4 Å². The number of nitrogens with one attached hydrogen (secondary N) is 3. The second kappa shape index (κ2) is 7.81. The largest absolute Gasteiger partial charge is 0.409 e. The molecule has 4 N–H and O–H groups in total. The normalized spacial score (nSPS) is 16.2. The SMILES string of the molecule is CCNC(=O)CNc1nonc1/C(=N/O)NC1CCc2ccc(F)cc21. The molecule has 1 atom stereocenters. The quantitative estimate of drug-likeness (QED) is 0.263. The molecule has 0 bridgehead atoms. The first-order valence-corrected chi connectivity index (χ1v) is 8.22. The number of hydrogen-bond donors (Lipinski definition) is 4. The van der Waals surface area contributed by atoms with Gasteiger partial charge in [0.25, 0.3) is 0 Å². The van der Waals surface area contributed by atoms with Gasteiger partial charge >= 0.3 is 0 Å². The number of benzene rings is 1. The number of nitrogens with zero attached hydrogens (tertiary/aromatic N) is 3. The van der Waals surface area contributed by atoms with Crippen molar-refractivity contribution >= 4 is 17.6 Å². The van der Waals surface area contributed by atoms with Gasteiger partial charge in [-0.05, 0) is 53.3 Å². The molecule has 1 aliphatic carbocycles. The van der Waals surface area contributed by atoms with Gasteiger partial charge in [-0.15, -0.1) is 0 Å². The van der Waals surface area contributed by atoms with Crippen LogP contribution in [-0.4, -0.2) is 40.4 Å². The number of amidine groups is 1. The third kappa shape index (κ3) is 3.73. The summed E-state index contributed by atoms with van der Waals surface area (Å²) >= 11 is 0. The number of likely N-dealkylation sites (N-methyl/N-ethyl adjacent to an activating group) is 1. The van der Waals surface area contributed by atoms with Gasteiger partial charge in [0.2, 0.25) is 11.7 Å². The molecular weight excluding hydrogens is 343 g/mol. The molecule has 0 saturated carbocycles. The molecule has 138 valence electrons. The third-order valence-electron chi connectivity index (χ3n) is 4.10. The van der Waals surface area contributed by atoms with Gasteiger partial charge in [-0.1, -0.05) is 11.2 Å². The van der Waals surface area contributed by atoms with Crippen LogP contribution in [0.2, 0.25) is 0 Å². The van der Waals surface area contributed by atoms with Gasteiger partial charge < -0.3 is 21.2 Å². The average molecular weight is 362 g/mol. The molecule has 1 heterocycles. The Morgan fingerprint density at radius 2 is 2.31 bits per heavy atom. The lowest BCUT2D eigenvalue weighted by Gasteiger charge is -2.15. The van der Waals surface area contributed by atoms with E-state index in [2.05, 4.69) is 36.0 Å². The molecule has 0 saturated heterocycles. The summed E-state index contributed by atoms with van der Waals surface area (Å²) in [6, 6.07) is 4.40. The molecule has 9 nitrogen and oxygen atoms in total. The molecule has 0 aliphatic heterocycles. The minimum atomic E-state index is -0.327. The third-order valence-corrected chi connectivity index (χ3v) is 4.10. The maximum Gasteiger partial charge on any atom is 0.239 e. The number of aryl methyl sites for hydroxylation is 1. The minimum absolute atomic E-state index is 0.0201. The lowest BCUT2D eigenvalue weighted by atomic mass is 10.1. The van der Waals surface area contributed by atoms with Crippen LogP contribution in [0.4, 0.5) is 10.2 Å². The predicted molar refractivity (Wildman–Crippen MR) is 90.4 cm³/mol. The zero-order valence-corrected chi connectivity index (χ0v) is 14.1. The summed E-state index contributed by atoms with van der Waals surface area (Å²) < 4.78 is 18.2. The number of aromatic nitrogens is 2. The topological polar surface area (TPSA) is 125 Å². The Balaban J connectivity index is 1.73.